The number of rotatable bonds is 7. The Balaban J connectivity index is 1.90. The summed E-state index contributed by atoms with van der Waals surface area (Å²) in [4.78, 5) is 36.0. The summed E-state index contributed by atoms with van der Waals surface area (Å²) in [6.45, 7) is 4.10. The van der Waals surface area contributed by atoms with E-state index in [-0.39, 0.29) is 30.3 Å². The summed E-state index contributed by atoms with van der Waals surface area (Å²) in [5, 5.41) is 9.75. The van der Waals surface area contributed by atoms with E-state index in [1.807, 2.05) is 32.0 Å². The number of carbonyl (C=O) groups excluding carboxylic acids is 2. The van der Waals surface area contributed by atoms with Gasteiger partial charge in [-0.05, 0) is 47.3 Å². The minimum atomic E-state index is -0.285. The lowest BCUT2D eigenvalue weighted by Crippen LogP contribution is -2.32. The second-order valence-corrected chi connectivity index (χ2v) is 7.94. The average molecular weight is 424 g/mol. The Bertz CT molecular complexity index is 1020. The molecule has 0 aliphatic carbocycles. The van der Waals surface area contributed by atoms with Crippen LogP contribution in [0, 0.1) is 5.92 Å². The molecule has 2 N–H and O–H groups in total. The van der Waals surface area contributed by atoms with E-state index >= 15 is 0 Å². The molecule has 2 aromatic rings. The number of benzene rings is 1. The predicted octanol–water partition coefficient (Wildman–Crippen LogP) is 3.87. The van der Waals surface area contributed by atoms with Crippen LogP contribution in [0.15, 0.2) is 52.7 Å². The molecule has 0 unspecified atom stereocenters. The predicted molar refractivity (Wildman–Crippen MR) is 116 cm³/mol. The van der Waals surface area contributed by atoms with Gasteiger partial charge in [-0.1, -0.05) is 36.8 Å². The third-order valence-corrected chi connectivity index (χ3v) is 5.21. The molecule has 1 aliphatic rings. The van der Waals surface area contributed by atoms with Crippen molar-refractivity contribution < 1.29 is 9.59 Å². The highest BCUT2D eigenvalue weighted by molar-refractivity contribution is 8.15. The molecule has 2 amide bonds. The Morgan fingerprint density at radius 2 is 2.20 bits per heavy atom. The van der Waals surface area contributed by atoms with E-state index in [0.717, 1.165) is 5.69 Å². The van der Waals surface area contributed by atoms with Crippen LogP contribution in [-0.4, -0.2) is 27.7 Å². The second kappa shape index (κ2) is 9.91. The molecular formula is C20H21N7O2S. The summed E-state index contributed by atoms with van der Waals surface area (Å²) in [5.41, 5.74) is 10.9. The van der Waals surface area contributed by atoms with Crippen molar-refractivity contribution >= 4 is 34.4 Å². The first-order valence-corrected chi connectivity index (χ1v) is 10.3. The van der Waals surface area contributed by atoms with Crippen LogP contribution >= 0.6 is 11.8 Å². The summed E-state index contributed by atoms with van der Waals surface area (Å²) in [6.07, 6.45) is 1.69. The summed E-state index contributed by atoms with van der Waals surface area (Å²) < 4.78 is 0. The van der Waals surface area contributed by atoms with E-state index in [4.69, 9.17) is 5.53 Å². The van der Waals surface area contributed by atoms with Crippen molar-refractivity contribution in [3.63, 3.8) is 0 Å². The maximum absolute atomic E-state index is 13.0. The number of pyridine rings is 1. The molecule has 1 saturated heterocycles. The van der Waals surface area contributed by atoms with Crippen LogP contribution in [0.4, 0.5) is 5.69 Å². The number of aromatic nitrogens is 1. The highest BCUT2D eigenvalue weighted by Crippen LogP contribution is 2.24. The molecule has 0 radical (unpaired) electrons. The van der Waals surface area contributed by atoms with E-state index in [2.05, 4.69) is 30.6 Å². The van der Waals surface area contributed by atoms with E-state index in [9.17, 15) is 9.59 Å². The molecule has 0 bridgehead atoms. The van der Waals surface area contributed by atoms with Crippen LogP contribution in [0.3, 0.4) is 0 Å². The largest absolute Gasteiger partial charge is 0.343 e. The number of aliphatic imine (C=N–C) groups is 1. The van der Waals surface area contributed by atoms with Gasteiger partial charge in [0, 0.05) is 16.7 Å². The van der Waals surface area contributed by atoms with Crippen LogP contribution < -0.4 is 10.6 Å². The first-order valence-electron chi connectivity index (χ1n) is 9.34. The van der Waals surface area contributed by atoms with Gasteiger partial charge in [-0.15, -0.1) is 0 Å². The normalized spacial score (nSPS) is 15.6. The van der Waals surface area contributed by atoms with Crippen molar-refractivity contribution in [1.82, 2.24) is 15.6 Å². The standard InChI is InChI=1S/C20H21N7O2S/c1-12(2)18(16-5-3-4-6-22-16)26-19(29)14-7-13(10-23-27-21)8-15(9-14)24-20-25-17(28)11-30-20/h3-9,12,18H,10-11H2,1-2H3,(H,26,29)(H,24,25,28)/t18-/m1/s1. The molecule has 0 saturated carbocycles. The van der Waals surface area contributed by atoms with Crippen LogP contribution in [0.2, 0.25) is 0 Å². The van der Waals surface area contributed by atoms with Gasteiger partial charge in [0.1, 0.15) is 0 Å². The zero-order valence-electron chi connectivity index (χ0n) is 16.6. The Labute approximate surface area is 178 Å². The molecule has 3 rings (SSSR count). The third kappa shape index (κ3) is 5.59. The Hall–Kier alpha value is -3.36. The lowest BCUT2D eigenvalue weighted by Gasteiger charge is -2.22. The van der Waals surface area contributed by atoms with Gasteiger partial charge < -0.3 is 10.6 Å². The van der Waals surface area contributed by atoms with Crippen molar-refractivity contribution in [2.24, 2.45) is 16.0 Å². The van der Waals surface area contributed by atoms with Gasteiger partial charge in [-0.2, -0.15) is 0 Å². The van der Waals surface area contributed by atoms with Crippen molar-refractivity contribution in [1.29, 1.82) is 0 Å². The van der Waals surface area contributed by atoms with Gasteiger partial charge in [0.15, 0.2) is 5.17 Å². The molecule has 10 heteroatoms. The maximum atomic E-state index is 13.0. The average Bonchev–Trinajstić information content (AvgIpc) is 3.15. The Kier molecular flexibility index (Phi) is 7.05. The van der Waals surface area contributed by atoms with Gasteiger partial charge in [0.25, 0.3) is 5.91 Å². The van der Waals surface area contributed by atoms with Gasteiger partial charge in [-0.25, -0.2) is 4.99 Å². The topological polar surface area (TPSA) is 132 Å². The smallest absolute Gasteiger partial charge is 0.251 e. The lowest BCUT2D eigenvalue weighted by atomic mass is 9.99. The minimum absolute atomic E-state index is 0.0861. The minimum Gasteiger partial charge on any atom is -0.343 e. The van der Waals surface area contributed by atoms with E-state index in [1.165, 1.54) is 11.8 Å². The fourth-order valence-electron chi connectivity index (χ4n) is 2.94. The fraction of sp³-hybridized carbons (Fsp3) is 0.300. The van der Waals surface area contributed by atoms with Crippen molar-refractivity contribution in [3.05, 3.63) is 69.9 Å². The number of hydrogen-bond acceptors (Lipinski definition) is 6. The number of nitrogens with zero attached hydrogens (tertiary/aromatic N) is 5. The zero-order chi connectivity index (χ0) is 21.5. The number of carbonyl (C=O) groups is 2. The molecule has 1 aliphatic heterocycles. The number of amides is 2. The van der Waals surface area contributed by atoms with E-state index in [1.54, 1.807) is 24.4 Å². The number of azide groups is 1. The molecule has 1 aromatic heterocycles. The summed E-state index contributed by atoms with van der Waals surface area (Å²) in [6, 6.07) is 10.4. The van der Waals surface area contributed by atoms with Gasteiger partial charge in [0.05, 0.1) is 29.7 Å². The molecule has 1 atom stereocenters. The summed E-state index contributed by atoms with van der Waals surface area (Å²) >= 11 is 1.29. The third-order valence-electron chi connectivity index (χ3n) is 4.33. The number of hydrogen-bond donors (Lipinski definition) is 2. The van der Waals surface area contributed by atoms with Gasteiger partial charge in [-0.3, -0.25) is 14.6 Å². The molecule has 30 heavy (non-hydrogen) atoms. The highest BCUT2D eigenvalue weighted by Gasteiger charge is 2.21. The molecule has 154 valence electrons. The zero-order valence-corrected chi connectivity index (χ0v) is 17.4. The van der Waals surface area contributed by atoms with Crippen LogP contribution in [-0.2, 0) is 11.3 Å². The molecule has 1 fully saturated rings. The lowest BCUT2D eigenvalue weighted by molar-refractivity contribution is -0.116. The van der Waals surface area contributed by atoms with Gasteiger partial charge >= 0.3 is 0 Å². The summed E-state index contributed by atoms with van der Waals surface area (Å²) in [7, 11) is 0. The monoisotopic (exact) mass is 423 g/mol. The Morgan fingerprint density at radius 1 is 1.37 bits per heavy atom. The van der Waals surface area contributed by atoms with Crippen molar-refractivity contribution in [3.8, 4) is 0 Å². The van der Waals surface area contributed by atoms with Crippen LogP contribution in [0.25, 0.3) is 10.4 Å². The summed E-state index contributed by atoms with van der Waals surface area (Å²) in [5.74, 6) is 0.0360. The first kappa shape index (κ1) is 21.4. The second-order valence-electron chi connectivity index (χ2n) is 6.98. The Morgan fingerprint density at radius 3 is 2.83 bits per heavy atom. The SMILES string of the molecule is CC(C)[C@@H](NC(=O)c1cc(CN=[N+]=[N-])cc(N=C2NC(=O)CS2)c1)c1ccccn1. The molecular weight excluding hydrogens is 402 g/mol. The van der Waals surface area contributed by atoms with Crippen LogP contribution in [0.5, 0.6) is 0 Å². The van der Waals surface area contributed by atoms with Crippen LogP contribution in [0.1, 0.15) is 41.5 Å². The van der Waals surface area contributed by atoms with Crippen molar-refractivity contribution in [2.75, 3.05) is 5.75 Å². The fourth-order valence-corrected chi connectivity index (χ4v) is 3.64. The quantitative estimate of drug-likeness (QED) is 0.397. The molecule has 0 spiro atoms. The van der Waals surface area contributed by atoms with Crippen molar-refractivity contribution in [2.45, 2.75) is 26.4 Å². The molecule has 2 heterocycles. The molecule has 1 aromatic carbocycles. The number of nitrogens with one attached hydrogen (secondary N) is 2. The number of thioether (sulfide) groups is 1. The molecule has 9 nitrogen and oxygen atoms in total. The van der Waals surface area contributed by atoms with E-state index in [0.29, 0.717) is 27.7 Å². The maximum Gasteiger partial charge on any atom is 0.251 e. The van der Waals surface area contributed by atoms with Gasteiger partial charge in [0.2, 0.25) is 5.91 Å². The van der Waals surface area contributed by atoms with E-state index < -0.39 is 0 Å². The first-order chi connectivity index (χ1) is 14.5. The number of amidine groups is 1. The highest BCUT2D eigenvalue weighted by atomic mass is 32.2.